The Hall–Kier alpha value is -0.0800. The van der Waals surface area contributed by atoms with Gasteiger partial charge in [0.1, 0.15) is 0 Å². The van der Waals surface area contributed by atoms with Crippen molar-refractivity contribution < 1.29 is 4.84 Å². The number of rotatable bonds is 5. The maximum atomic E-state index is 5.53. The summed E-state index contributed by atoms with van der Waals surface area (Å²) in [6.45, 7) is 7.58. The molecule has 0 aliphatic heterocycles. The molecular formula is C10H21NO. The van der Waals surface area contributed by atoms with Crippen molar-refractivity contribution in [2.75, 3.05) is 13.7 Å². The van der Waals surface area contributed by atoms with E-state index in [1.54, 1.807) is 0 Å². The molecular weight excluding hydrogens is 150 g/mol. The zero-order valence-electron chi connectivity index (χ0n) is 8.71. The van der Waals surface area contributed by atoms with E-state index < -0.39 is 0 Å². The van der Waals surface area contributed by atoms with Gasteiger partial charge in [0.05, 0.1) is 6.61 Å². The SMILES string of the molecule is CCCON(C)C1CC1C(C)C. The van der Waals surface area contributed by atoms with E-state index in [2.05, 4.69) is 27.8 Å². The van der Waals surface area contributed by atoms with Gasteiger partial charge in [-0.2, -0.15) is 5.06 Å². The Balaban J connectivity index is 2.14. The second-order valence-corrected chi connectivity index (χ2v) is 4.09. The lowest BCUT2D eigenvalue weighted by Gasteiger charge is -2.16. The zero-order chi connectivity index (χ0) is 9.14. The highest BCUT2D eigenvalue weighted by Crippen LogP contribution is 2.40. The summed E-state index contributed by atoms with van der Waals surface area (Å²) in [5.74, 6) is 1.68. The van der Waals surface area contributed by atoms with Crippen molar-refractivity contribution in [1.82, 2.24) is 5.06 Å². The van der Waals surface area contributed by atoms with E-state index >= 15 is 0 Å². The topological polar surface area (TPSA) is 12.5 Å². The number of nitrogens with zero attached hydrogens (tertiary/aromatic N) is 1. The van der Waals surface area contributed by atoms with Crippen molar-refractivity contribution in [2.24, 2.45) is 11.8 Å². The lowest BCUT2D eigenvalue weighted by atomic mass is 10.1. The third-order valence-electron chi connectivity index (χ3n) is 2.63. The largest absolute Gasteiger partial charge is 0.299 e. The van der Waals surface area contributed by atoms with Gasteiger partial charge in [-0.05, 0) is 24.7 Å². The van der Waals surface area contributed by atoms with Crippen LogP contribution in [-0.2, 0) is 4.84 Å². The summed E-state index contributed by atoms with van der Waals surface area (Å²) in [4.78, 5) is 5.53. The lowest BCUT2D eigenvalue weighted by molar-refractivity contribution is -0.150. The number of hydroxylamine groups is 2. The second kappa shape index (κ2) is 4.24. The third-order valence-corrected chi connectivity index (χ3v) is 2.63. The van der Waals surface area contributed by atoms with Gasteiger partial charge in [0.25, 0.3) is 0 Å². The van der Waals surface area contributed by atoms with Crippen LogP contribution in [0.4, 0.5) is 0 Å². The molecule has 2 atom stereocenters. The molecule has 2 nitrogen and oxygen atoms in total. The second-order valence-electron chi connectivity index (χ2n) is 4.09. The predicted molar refractivity (Wildman–Crippen MR) is 50.7 cm³/mol. The molecule has 1 rings (SSSR count). The summed E-state index contributed by atoms with van der Waals surface area (Å²) in [5, 5.41) is 2.05. The van der Waals surface area contributed by atoms with Crippen molar-refractivity contribution in [1.29, 1.82) is 0 Å². The van der Waals surface area contributed by atoms with Gasteiger partial charge >= 0.3 is 0 Å². The molecule has 0 aromatic heterocycles. The average molecular weight is 171 g/mol. The summed E-state index contributed by atoms with van der Waals surface area (Å²) in [7, 11) is 2.06. The summed E-state index contributed by atoms with van der Waals surface area (Å²) < 4.78 is 0. The molecule has 0 radical (unpaired) electrons. The Morgan fingerprint density at radius 3 is 2.58 bits per heavy atom. The number of hydrogen-bond acceptors (Lipinski definition) is 2. The molecule has 1 aliphatic rings. The van der Waals surface area contributed by atoms with Crippen LogP contribution in [0.1, 0.15) is 33.6 Å². The molecule has 0 aromatic rings. The smallest absolute Gasteiger partial charge is 0.0682 e. The first kappa shape index (κ1) is 10.0. The Bertz CT molecular complexity index is 136. The molecule has 0 N–H and O–H groups in total. The third kappa shape index (κ3) is 2.46. The highest BCUT2D eigenvalue weighted by molar-refractivity contribution is 4.93. The minimum Gasteiger partial charge on any atom is -0.299 e. The van der Waals surface area contributed by atoms with Gasteiger partial charge in [-0.1, -0.05) is 20.8 Å². The van der Waals surface area contributed by atoms with Crippen LogP contribution < -0.4 is 0 Å². The minimum atomic E-state index is 0.691. The zero-order valence-corrected chi connectivity index (χ0v) is 8.71. The van der Waals surface area contributed by atoms with Gasteiger partial charge in [-0.15, -0.1) is 0 Å². The predicted octanol–water partition coefficient (Wildman–Crippen LogP) is 2.30. The van der Waals surface area contributed by atoms with Gasteiger partial charge in [-0.25, -0.2) is 0 Å². The lowest BCUT2D eigenvalue weighted by Crippen LogP contribution is -2.24. The fraction of sp³-hybridized carbons (Fsp3) is 1.00. The van der Waals surface area contributed by atoms with E-state index in [9.17, 15) is 0 Å². The first-order chi connectivity index (χ1) is 5.66. The van der Waals surface area contributed by atoms with Crippen LogP contribution in [0.15, 0.2) is 0 Å². The molecule has 0 heterocycles. The summed E-state index contributed by atoms with van der Waals surface area (Å²) >= 11 is 0. The van der Waals surface area contributed by atoms with Gasteiger partial charge in [0.2, 0.25) is 0 Å². The van der Waals surface area contributed by atoms with Crippen LogP contribution in [0.3, 0.4) is 0 Å². The average Bonchev–Trinajstić information content (AvgIpc) is 2.78. The van der Waals surface area contributed by atoms with E-state index in [0.29, 0.717) is 6.04 Å². The van der Waals surface area contributed by atoms with E-state index in [4.69, 9.17) is 4.84 Å². The van der Waals surface area contributed by atoms with Crippen LogP contribution in [0.2, 0.25) is 0 Å². The van der Waals surface area contributed by atoms with Crippen molar-refractivity contribution >= 4 is 0 Å². The minimum absolute atomic E-state index is 0.691. The molecule has 0 bridgehead atoms. The highest BCUT2D eigenvalue weighted by atomic mass is 16.7. The van der Waals surface area contributed by atoms with Crippen LogP contribution in [0.5, 0.6) is 0 Å². The Morgan fingerprint density at radius 2 is 2.17 bits per heavy atom. The molecule has 1 aliphatic carbocycles. The van der Waals surface area contributed by atoms with E-state index in [-0.39, 0.29) is 0 Å². The molecule has 0 saturated heterocycles. The molecule has 2 unspecified atom stereocenters. The summed E-state index contributed by atoms with van der Waals surface area (Å²) in [5.41, 5.74) is 0. The highest BCUT2D eigenvalue weighted by Gasteiger charge is 2.42. The van der Waals surface area contributed by atoms with Crippen LogP contribution in [0, 0.1) is 11.8 Å². The first-order valence-corrected chi connectivity index (χ1v) is 5.02. The fourth-order valence-corrected chi connectivity index (χ4v) is 1.67. The van der Waals surface area contributed by atoms with E-state index in [1.165, 1.54) is 6.42 Å². The van der Waals surface area contributed by atoms with Crippen LogP contribution >= 0.6 is 0 Å². The van der Waals surface area contributed by atoms with Gasteiger partial charge in [-0.3, -0.25) is 4.84 Å². The van der Waals surface area contributed by atoms with E-state index in [1.807, 2.05) is 5.06 Å². The molecule has 0 amide bonds. The van der Waals surface area contributed by atoms with Crippen molar-refractivity contribution in [3.8, 4) is 0 Å². The summed E-state index contributed by atoms with van der Waals surface area (Å²) in [6, 6.07) is 0.691. The monoisotopic (exact) mass is 171 g/mol. The van der Waals surface area contributed by atoms with Gasteiger partial charge < -0.3 is 0 Å². The molecule has 12 heavy (non-hydrogen) atoms. The first-order valence-electron chi connectivity index (χ1n) is 5.02. The summed E-state index contributed by atoms with van der Waals surface area (Å²) in [6.07, 6.45) is 2.42. The molecule has 2 heteroatoms. The standard InChI is InChI=1S/C10H21NO/c1-5-6-12-11(4)10-7-9(10)8(2)3/h8-10H,5-7H2,1-4H3. The van der Waals surface area contributed by atoms with E-state index in [0.717, 1.165) is 24.9 Å². The molecule has 1 saturated carbocycles. The van der Waals surface area contributed by atoms with Crippen molar-refractivity contribution in [3.05, 3.63) is 0 Å². The quantitative estimate of drug-likeness (QED) is 0.588. The maximum absolute atomic E-state index is 5.53. The maximum Gasteiger partial charge on any atom is 0.0682 e. The molecule has 1 fully saturated rings. The Kier molecular flexibility index (Phi) is 3.53. The Labute approximate surface area is 75.8 Å². The van der Waals surface area contributed by atoms with Crippen LogP contribution in [-0.4, -0.2) is 24.8 Å². The van der Waals surface area contributed by atoms with Crippen molar-refractivity contribution in [2.45, 2.75) is 39.7 Å². The van der Waals surface area contributed by atoms with Gasteiger partial charge in [0.15, 0.2) is 0 Å². The number of hydrogen-bond donors (Lipinski definition) is 0. The molecule has 0 aromatic carbocycles. The fourth-order valence-electron chi connectivity index (χ4n) is 1.67. The van der Waals surface area contributed by atoms with Crippen LogP contribution in [0.25, 0.3) is 0 Å². The Morgan fingerprint density at radius 1 is 1.50 bits per heavy atom. The normalized spacial score (nSPS) is 28.5. The van der Waals surface area contributed by atoms with Gasteiger partial charge in [0, 0.05) is 13.1 Å². The molecule has 0 spiro atoms. The van der Waals surface area contributed by atoms with Crippen molar-refractivity contribution in [3.63, 3.8) is 0 Å². The molecule has 72 valence electrons.